The second-order valence-corrected chi connectivity index (χ2v) is 4.36. The van der Waals surface area contributed by atoms with Crippen LogP contribution in [0.3, 0.4) is 0 Å². The zero-order chi connectivity index (χ0) is 12.3. The number of alkyl halides is 3. The Morgan fingerprint density at radius 3 is 2.75 bits per heavy atom. The zero-order valence-electron chi connectivity index (χ0n) is 8.14. The van der Waals surface area contributed by atoms with Crippen LogP contribution in [0.15, 0.2) is 6.20 Å². The Morgan fingerprint density at radius 1 is 1.69 bits per heavy atom. The lowest BCUT2D eigenvalue weighted by atomic mass is 10.1. The molecule has 0 saturated heterocycles. The minimum Gasteiger partial charge on any atom is -0.465 e. The van der Waals surface area contributed by atoms with Gasteiger partial charge in [0.15, 0.2) is 0 Å². The number of carbonyl (C=O) groups excluding carboxylic acids is 1. The third-order valence-corrected chi connectivity index (χ3v) is 3.42. The average Bonchev–Trinajstić information content (AvgIpc) is 2.27. The summed E-state index contributed by atoms with van der Waals surface area (Å²) in [6, 6.07) is 0. The molecule has 0 aliphatic carbocycles. The number of ether oxygens (including phenoxy) is 1. The van der Waals surface area contributed by atoms with Crippen LogP contribution in [0.1, 0.15) is 27.9 Å². The van der Waals surface area contributed by atoms with E-state index in [0.29, 0.717) is 9.26 Å². The number of carbonyl (C=O) groups is 1. The van der Waals surface area contributed by atoms with E-state index in [-0.39, 0.29) is 16.5 Å². The van der Waals surface area contributed by atoms with E-state index in [1.165, 1.54) is 0 Å². The number of aromatic nitrogens is 1. The molecule has 1 aromatic heterocycles. The molecule has 0 fully saturated rings. The lowest BCUT2D eigenvalue weighted by Crippen LogP contribution is -2.11. The normalized spacial score (nSPS) is 10.6. The molecule has 88 valence electrons. The lowest BCUT2D eigenvalue weighted by Gasteiger charge is -2.12. The number of hydrogen-bond donors (Lipinski definition) is 0. The second-order valence-electron chi connectivity index (χ2n) is 2.78. The summed E-state index contributed by atoms with van der Waals surface area (Å²) in [5.74, 6) is -0.804. The van der Waals surface area contributed by atoms with Crippen LogP contribution in [0.25, 0.3) is 0 Å². The van der Waals surface area contributed by atoms with Crippen LogP contribution in [-0.4, -0.2) is 18.1 Å². The molecule has 1 heterocycles. The Morgan fingerprint density at radius 2 is 2.31 bits per heavy atom. The van der Waals surface area contributed by atoms with Crippen molar-refractivity contribution in [3.05, 3.63) is 26.6 Å². The maximum atomic E-state index is 12.9. The van der Waals surface area contributed by atoms with E-state index in [1.54, 1.807) is 0 Å². The largest absolute Gasteiger partial charge is 0.465 e. The first-order valence-corrected chi connectivity index (χ1v) is 6.32. The monoisotopic (exact) mass is 405 g/mol. The van der Waals surface area contributed by atoms with Gasteiger partial charge in [0, 0.05) is 22.7 Å². The quantitative estimate of drug-likeness (QED) is 0.335. The molecule has 0 aliphatic heterocycles. The number of esters is 1. The molecule has 0 saturated carbocycles. The van der Waals surface area contributed by atoms with Crippen LogP contribution >= 0.6 is 38.5 Å². The zero-order valence-corrected chi connectivity index (χ0v) is 11.9. The van der Waals surface area contributed by atoms with E-state index < -0.39 is 12.4 Å². The van der Waals surface area contributed by atoms with Crippen molar-refractivity contribution < 1.29 is 18.3 Å². The maximum absolute atomic E-state index is 12.9. The molecular weight excluding hydrogens is 399 g/mol. The average molecular weight is 406 g/mol. The van der Waals surface area contributed by atoms with E-state index in [2.05, 4.69) is 25.7 Å². The smallest absolute Gasteiger partial charge is 0.339 e. The molecule has 0 unspecified atom stereocenters. The Bertz CT molecular complexity index is 415. The topological polar surface area (TPSA) is 39.2 Å². The Kier molecular flexibility index (Phi) is 5.03. The van der Waals surface area contributed by atoms with Crippen molar-refractivity contribution >= 4 is 44.5 Å². The van der Waals surface area contributed by atoms with E-state index in [0.717, 1.165) is 13.3 Å². The van der Waals surface area contributed by atoms with E-state index >= 15 is 0 Å². The maximum Gasteiger partial charge on any atom is 0.339 e. The third-order valence-electron chi connectivity index (χ3n) is 1.93. The van der Waals surface area contributed by atoms with Crippen molar-refractivity contribution in [2.75, 3.05) is 7.11 Å². The first kappa shape index (κ1) is 13.8. The van der Waals surface area contributed by atoms with E-state index in [9.17, 15) is 13.6 Å². The Hall–Kier alpha value is -0.310. The predicted octanol–water partition coefficient (Wildman–Crippen LogP) is 3.31. The SMILES string of the molecule is COC(=O)c1cnc(I)c(CBr)c1C(F)F. The lowest BCUT2D eigenvalue weighted by molar-refractivity contribution is 0.0588. The number of halogens is 4. The molecule has 0 aliphatic rings. The number of pyridine rings is 1. The van der Waals surface area contributed by atoms with Gasteiger partial charge in [-0.25, -0.2) is 18.6 Å². The molecule has 3 nitrogen and oxygen atoms in total. The van der Waals surface area contributed by atoms with Gasteiger partial charge in [0.25, 0.3) is 6.43 Å². The summed E-state index contributed by atoms with van der Waals surface area (Å²) in [4.78, 5) is 15.2. The summed E-state index contributed by atoms with van der Waals surface area (Å²) in [6.07, 6.45) is -1.63. The van der Waals surface area contributed by atoms with Crippen LogP contribution in [0.4, 0.5) is 8.78 Å². The molecule has 0 N–H and O–H groups in total. The minimum absolute atomic E-state index is 0.188. The Labute approximate surface area is 113 Å². The van der Waals surface area contributed by atoms with Gasteiger partial charge < -0.3 is 4.74 Å². The third kappa shape index (κ3) is 2.68. The summed E-state index contributed by atoms with van der Waals surface area (Å²) in [5, 5.41) is 0.211. The fraction of sp³-hybridized carbons (Fsp3) is 0.333. The van der Waals surface area contributed by atoms with Gasteiger partial charge >= 0.3 is 5.97 Å². The van der Waals surface area contributed by atoms with Gasteiger partial charge in [-0.2, -0.15) is 0 Å². The highest BCUT2D eigenvalue weighted by atomic mass is 127. The molecule has 0 bridgehead atoms. The minimum atomic E-state index is -2.74. The van der Waals surface area contributed by atoms with Gasteiger partial charge in [-0.3, -0.25) is 0 Å². The van der Waals surface area contributed by atoms with Crippen LogP contribution in [0, 0.1) is 3.70 Å². The predicted molar refractivity (Wildman–Crippen MR) is 65.9 cm³/mol. The van der Waals surface area contributed by atoms with E-state index in [1.807, 2.05) is 22.6 Å². The second kappa shape index (κ2) is 5.85. The van der Waals surface area contributed by atoms with E-state index in [4.69, 9.17) is 0 Å². The summed E-state index contributed by atoms with van der Waals surface area (Å²) >= 11 is 4.95. The van der Waals surface area contributed by atoms with Crippen LogP contribution in [-0.2, 0) is 10.1 Å². The first-order valence-electron chi connectivity index (χ1n) is 4.12. The van der Waals surface area contributed by atoms with Crippen molar-refractivity contribution in [3.8, 4) is 0 Å². The highest BCUT2D eigenvalue weighted by Crippen LogP contribution is 2.30. The van der Waals surface area contributed by atoms with Crippen LogP contribution < -0.4 is 0 Å². The summed E-state index contributed by atoms with van der Waals surface area (Å²) < 4.78 is 30.7. The highest BCUT2D eigenvalue weighted by Gasteiger charge is 2.24. The van der Waals surface area contributed by atoms with Gasteiger partial charge in [-0.1, -0.05) is 15.9 Å². The molecule has 0 atom stereocenters. The number of methoxy groups -OCH3 is 1. The first-order chi connectivity index (χ1) is 7.52. The summed E-state index contributed by atoms with van der Waals surface area (Å²) in [5.41, 5.74) is -0.186. The molecule has 0 aromatic carbocycles. The number of hydrogen-bond acceptors (Lipinski definition) is 3. The molecular formula is C9H7BrF2INO2. The molecule has 1 rings (SSSR count). The van der Waals surface area contributed by atoms with Gasteiger partial charge in [-0.05, 0) is 22.6 Å². The summed E-state index contributed by atoms with van der Waals surface area (Å²) in [7, 11) is 1.14. The number of nitrogens with zero attached hydrogens (tertiary/aromatic N) is 1. The standard InChI is InChI=1S/C9H7BrF2INO2/c1-16-9(15)5-3-14-8(13)4(2-10)6(5)7(11)12/h3,7H,2H2,1H3. The van der Waals surface area contributed by atoms with Gasteiger partial charge in [0.05, 0.1) is 12.7 Å². The fourth-order valence-electron chi connectivity index (χ4n) is 1.19. The highest BCUT2D eigenvalue weighted by molar-refractivity contribution is 14.1. The molecule has 1 aromatic rings. The fourth-order valence-corrected chi connectivity index (χ4v) is 2.90. The van der Waals surface area contributed by atoms with Crippen molar-refractivity contribution in [1.82, 2.24) is 4.98 Å². The van der Waals surface area contributed by atoms with Gasteiger partial charge in [-0.15, -0.1) is 0 Å². The van der Waals surface area contributed by atoms with Gasteiger partial charge in [0.2, 0.25) is 0 Å². The molecule has 0 radical (unpaired) electrons. The van der Waals surface area contributed by atoms with Crippen molar-refractivity contribution in [2.24, 2.45) is 0 Å². The van der Waals surface area contributed by atoms with Crippen LogP contribution in [0.5, 0.6) is 0 Å². The van der Waals surface area contributed by atoms with Gasteiger partial charge in [0.1, 0.15) is 3.70 Å². The Balaban J connectivity index is 3.45. The molecule has 0 spiro atoms. The van der Waals surface area contributed by atoms with Crippen LogP contribution in [0.2, 0.25) is 0 Å². The van der Waals surface area contributed by atoms with Crippen molar-refractivity contribution in [3.63, 3.8) is 0 Å². The molecule has 16 heavy (non-hydrogen) atoms. The molecule has 7 heteroatoms. The van der Waals surface area contributed by atoms with Crippen molar-refractivity contribution in [2.45, 2.75) is 11.8 Å². The molecule has 0 amide bonds. The summed E-state index contributed by atoms with van der Waals surface area (Å²) in [6.45, 7) is 0. The number of rotatable bonds is 3. The van der Waals surface area contributed by atoms with Crippen molar-refractivity contribution in [1.29, 1.82) is 0 Å².